The normalized spacial score (nSPS) is 11.3. The number of carbonyl (C=O) groups excluding carboxylic acids is 1. The highest BCUT2D eigenvalue weighted by molar-refractivity contribution is 6.72. The predicted octanol–water partition coefficient (Wildman–Crippen LogP) is 0.278. The number of hydrogen-bond acceptors (Lipinski definition) is 4. The Morgan fingerprint density at radius 2 is 1.83 bits per heavy atom. The largest absolute Gasteiger partial charge is 0.474 e. The van der Waals surface area contributed by atoms with E-state index in [1.54, 1.807) is 0 Å². The molecular formula is C7H16O4Si. The van der Waals surface area contributed by atoms with Gasteiger partial charge in [-0.2, -0.15) is 0 Å². The fourth-order valence-corrected chi connectivity index (χ4v) is 1.90. The zero-order chi connectivity index (χ0) is 9.40. The van der Waals surface area contributed by atoms with Crippen LogP contribution in [0.3, 0.4) is 0 Å². The molecule has 0 heterocycles. The van der Waals surface area contributed by atoms with Crippen LogP contribution in [0.4, 0.5) is 4.79 Å². The lowest BCUT2D eigenvalue weighted by Gasteiger charge is -2.14. The van der Waals surface area contributed by atoms with Gasteiger partial charge in [-0.25, -0.2) is 0 Å². The van der Waals surface area contributed by atoms with Crippen LogP contribution in [-0.2, 0) is 14.2 Å². The lowest BCUT2D eigenvalue weighted by Crippen LogP contribution is -2.30. The van der Waals surface area contributed by atoms with Gasteiger partial charge >= 0.3 is 0 Å². The van der Waals surface area contributed by atoms with Crippen molar-refractivity contribution < 1.29 is 19.0 Å². The van der Waals surface area contributed by atoms with E-state index in [9.17, 15) is 4.79 Å². The van der Waals surface area contributed by atoms with Crippen molar-refractivity contribution in [2.75, 3.05) is 20.3 Å². The van der Waals surface area contributed by atoms with Crippen LogP contribution < -0.4 is 0 Å². The van der Waals surface area contributed by atoms with Crippen molar-refractivity contribution in [3.63, 3.8) is 0 Å². The summed E-state index contributed by atoms with van der Waals surface area (Å²) in [5.74, 6) is -0.326. The minimum atomic E-state index is -1.08. The van der Waals surface area contributed by atoms with Gasteiger partial charge in [-0.15, -0.1) is 0 Å². The van der Waals surface area contributed by atoms with Crippen LogP contribution in [0, 0.1) is 0 Å². The third-order valence-electron chi connectivity index (χ3n) is 1.27. The van der Waals surface area contributed by atoms with Gasteiger partial charge in [0.1, 0.15) is 5.91 Å². The number of hydrogen-bond donors (Lipinski definition) is 0. The molecule has 0 fully saturated rings. The summed E-state index contributed by atoms with van der Waals surface area (Å²) in [5.41, 5.74) is -0.179. The standard InChI is InChI=1S/C7H16O4Si/c1-4-10-7(11-5-2)12-6(8)9-3/h7H,4-5,12H2,1-3H3. The highest BCUT2D eigenvalue weighted by Crippen LogP contribution is 1.94. The second-order valence-electron chi connectivity index (χ2n) is 2.12. The van der Waals surface area contributed by atoms with Gasteiger partial charge in [-0.1, -0.05) is 0 Å². The lowest BCUT2D eigenvalue weighted by molar-refractivity contribution is -0.0822. The molecule has 0 bridgehead atoms. The summed E-state index contributed by atoms with van der Waals surface area (Å²) < 4.78 is 14.9. The van der Waals surface area contributed by atoms with E-state index in [0.717, 1.165) is 0 Å². The van der Waals surface area contributed by atoms with Crippen molar-refractivity contribution in [2.45, 2.75) is 19.8 Å². The second kappa shape index (κ2) is 7.27. The van der Waals surface area contributed by atoms with Crippen molar-refractivity contribution in [3.8, 4) is 0 Å². The van der Waals surface area contributed by atoms with Crippen molar-refractivity contribution >= 4 is 15.1 Å². The highest BCUT2D eigenvalue weighted by atomic mass is 28.2. The van der Waals surface area contributed by atoms with Crippen molar-refractivity contribution in [1.29, 1.82) is 0 Å². The summed E-state index contributed by atoms with van der Waals surface area (Å²) in [6, 6.07) is 0. The Labute approximate surface area is 75.0 Å². The van der Waals surface area contributed by atoms with Crippen LogP contribution in [0.1, 0.15) is 13.8 Å². The van der Waals surface area contributed by atoms with Gasteiger partial charge in [0.05, 0.1) is 7.11 Å². The first-order valence-electron chi connectivity index (χ1n) is 4.04. The second-order valence-corrected chi connectivity index (χ2v) is 3.77. The van der Waals surface area contributed by atoms with Crippen LogP contribution >= 0.6 is 0 Å². The SMILES string of the molecule is CCOC(OCC)[SiH2]C(=O)OC. The lowest BCUT2D eigenvalue weighted by atomic mass is 10.8. The van der Waals surface area contributed by atoms with Crippen LogP contribution in [-0.4, -0.2) is 41.3 Å². The summed E-state index contributed by atoms with van der Waals surface area (Å²) in [7, 11) is 0.301. The zero-order valence-electron chi connectivity index (χ0n) is 7.83. The molecule has 0 radical (unpaired) electrons. The summed E-state index contributed by atoms with van der Waals surface area (Å²) in [5, 5.41) is 0. The van der Waals surface area contributed by atoms with E-state index in [-0.39, 0.29) is 11.5 Å². The average Bonchev–Trinajstić information content (AvgIpc) is 2.05. The first-order valence-corrected chi connectivity index (χ1v) is 5.56. The quantitative estimate of drug-likeness (QED) is 0.448. The van der Waals surface area contributed by atoms with Crippen LogP contribution in [0.25, 0.3) is 0 Å². The monoisotopic (exact) mass is 192 g/mol. The third kappa shape index (κ3) is 5.28. The average molecular weight is 192 g/mol. The molecule has 0 aliphatic carbocycles. The van der Waals surface area contributed by atoms with Crippen molar-refractivity contribution in [1.82, 2.24) is 0 Å². The molecule has 72 valence electrons. The fraction of sp³-hybridized carbons (Fsp3) is 0.857. The highest BCUT2D eigenvalue weighted by Gasteiger charge is 2.14. The van der Waals surface area contributed by atoms with Gasteiger partial charge in [-0.3, -0.25) is 4.79 Å². The molecule has 4 nitrogen and oxygen atoms in total. The first-order chi connectivity index (χ1) is 5.74. The Kier molecular flexibility index (Phi) is 7.03. The summed E-state index contributed by atoms with van der Waals surface area (Å²) in [6.45, 7) is 4.87. The maximum absolute atomic E-state index is 10.9. The van der Waals surface area contributed by atoms with Gasteiger partial charge < -0.3 is 14.2 Å². The molecule has 0 N–H and O–H groups in total. The van der Waals surface area contributed by atoms with E-state index >= 15 is 0 Å². The Balaban J connectivity index is 3.68. The van der Waals surface area contributed by atoms with E-state index in [4.69, 9.17) is 9.47 Å². The van der Waals surface area contributed by atoms with Crippen molar-refractivity contribution in [2.24, 2.45) is 0 Å². The molecule has 0 aromatic heterocycles. The van der Waals surface area contributed by atoms with Crippen molar-refractivity contribution in [3.05, 3.63) is 0 Å². The predicted molar refractivity (Wildman–Crippen MR) is 48.0 cm³/mol. The molecule has 0 saturated carbocycles. The smallest absolute Gasteiger partial charge is 0.270 e. The molecule has 0 unspecified atom stereocenters. The molecule has 0 aliphatic heterocycles. The molecule has 0 aliphatic rings. The first kappa shape index (κ1) is 11.6. The Morgan fingerprint density at radius 1 is 1.33 bits per heavy atom. The Bertz CT molecular complexity index is 123. The molecule has 0 aromatic carbocycles. The Hall–Kier alpha value is -0.393. The maximum atomic E-state index is 10.9. The molecular weight excluding hydrogens is 176 g/mol. The summed E-state index contributed by atoms with van der Waals surface area (Å²) in [4.78, 5) is 10.9. The number of methoxy groups -OCH3 is 1. The van der Waals surface area contributed by atoms with E-state index in [2.05, 4.69) is 4.74 Å². The van der Waals surface area contributed by atoms with E-state index in [1.165, 1.54) is 7.11 Å². The summed E-state index contributed by atoms with van der Waals surface area (Å²) >= 11 is 0. The van der Waals surface area contributed by atoms with Gasteiger partial charge in [0.2, 0.25) is 9.52 Å². The zero-order valence-corrected chi connectivity index (χ0v) is 9.25. The fourth-order valence-electron chi connectivity index (χ4n) is 0.757. The van der Waals surface area contributed by atoms with E-state index < -0.39 is 9.52 Å². The van der Waals surface area contributed by atoms with E-state index in [1.807, 2.05) is 13.8 Å². The molecule has 0 spiro atoms. The van der Waals surface area contributed by atoms with Crippen LogP contribution in [0.2, 0.25) is 0 Å². The number of carbonyl (C=O) groups is 1. The van der Waals surface area contributed by atoms with Crippen LogP contribution in [0.15, 0.2) is 0 Å². The molecule has 12 heavy (non-hydrogen) atoms. The van der Waals surface area contributed by atoms with Gasteiger partial charge in [0.25, 0.3) is 5.59 Å². The summed E-state index contributed by atoms with van der Waals surface area (Å²) in [6.07, 6.45) is 0. The van der Waals surface area contributed by atoms with E-state index in [0.29, 0.717) is 13.2 Å². The molecule has 0 amide bonds. The molecule has 0 saturated heterocycles. The van der Waals surface area contributed by atoms with Crippen LogP contribution in [0.5, 0.6) is 0 Å². The Morgan fingerprint density at radius 3 is 2.17 bits per heavy atom. The molecule has 5 heteroatoms. The van der Waals surface area contributed by atoms with Gasteiger partial charge in [0, 0.05) is 13.2 Å². The number of ether oxygens (including phenoxy) is 3. The number of rotatable bonds is 6. The third-order valence-corrected chi connectivity index (χ3v) is 2.69. The molecule has 0 rings (SSSR count). The molecule has 0 aromatic rings. The minimum absolute atomic E-state index is 0.179. The minimum Gasteiger partial charge on any atom is -0.474 e. The maximum Gasteiger partial charge on any atom is 0.270 e. The van der Waals surface area contributed by atoms with Gasteiger partial charge in [0.15, 0.2) is 0 Å². The van der Waals surface area contributed by atoms with Gasteiger partial charge in [-0.05, 0) is 13.8 Å². The molecule has 0 atom stereocenters. The topological polar surface area (TPSA) is 44.8 Å².